The van der Waals surface area contributed by atoms with Gasteiger partial charge in [0, 0.05) is 0 Å². The summed E-state index contributed by atoms with van der Waals surface area (Å²) in [6, 6.07) is -4.46. The molecule has 0 bridgehead atoms. The fourth-order valence-electron chi connectivity index (χ4n) is 1.14. The van der Waals surface area contributed by atoms with Crippen molar-refractivity contribution in [3.05, 3.63) is 0 Å². The lowest BCUT2D eigenvalue weighted by molar-refractivity contribution is -0.527. The Balaban J connectivity index is 6.63. The number of rotatable bonds is 9. The summed E-state index contributed by atoms with van der Waals surface area (Å²) in [5.41, 5.74) is 0. The van der Waals surface area contributed by atoms with E-state index in [0.717, 1.165) is 0 Å². The molecular formula is C9Cl3F15O3. The minimum atomic E-state index is -7.77. The van der Waals surface area contributed by atoms with E-state index < -0.39 is 52.0 Å². The second kappa shape index (κ2) is 7.77. The standard InChI is InChI=1S/C9Cl3F15O3/c10-3(15,6(12,19)20)8(24,25)30-4(16,7(21,22)23)9(26,27)29-2(14,1(13)28)5(11,17)18. The molecule has 0 spiro atoms. The minimum Gasteiger partial charge on any atom is -0.264 e. The Morgan fingerprint density at radius 3 is 1.20 bits per heavy atom. The van der Waals surface area contributed by atoms with Gasteiger partial charge in [-0.1, -0.05) is 11.6 Å². The highest BCUT2D eigenvalue weighted by atomic mass is 35.5. The number of carbonyl (C=O) groups excluding carboxylic acids is 1. The molecule has 0 aromatic carbocycles. The third-order valence-corrected chi connectivity index (χ3v) is 3.67. The maximum Gasteiger partial charge on any atom is 0.458 e. The van der Waals surface area contributed by atoms with Crippen molar-refractivity contribution >= 4 is 40.8 Å². The van der Waals surface area contributed by atoms with Gasteiger partial charge < -0.3 is 0 Å². The Labute approximate surface area is 167 Å². The quantitative estimate of drug-likeness (QED) is 0.197. The van der Waals surface area contributed by atoms with Gasteiger partial charge >= 0.3 is 52.0 Å². The van der Waals surface area contributed by atoms with Crippen LogP contribution in [0.25, 0.3) is 0 Å². The predicted molar refractivity (Wildman–Crippen MR) is 63.2 cm³/mol. The molecule has 21 heteroatoms. The van der Waals surface area contributed by atoms with Crippen LogP contribution in [0.3, 0.4) is 0 Å². The van der Waals surface area contributed by atoms with Crippen molar-refractivity contribution in [2.45, 2.75) is 46.0 Å². The predicted octanol–water partition coefficient (Wildman–Crippen LogP) is 6.16. The number of ether oxygens (including phenoxy) is 2. The Bertz CT molecular complexity index is 656. The van der Waals surface area contributed by atoms with E-state index >= 15 is 0 Å². The average Bonchev–Trinajstić information content (AvgIpc) is 2.41. The molecule has 0 aliphatic carbocycles. The van der Waals surface area contributed by atoms with Gasteiger partial charge in [0.2, 0.25) is 0 Å². The number of carbonyl (C=O) groups is 1. The van der Waals surface area contributed by atoms with Crippen molar-refractivity contribution in [3.8, 4) is 0 Å². The summed E-state index contributed by atoms with van der Waals surface area (Å²) in [6.07, 6.45) is -22.7. The largest absolute Gasteiger partial charge is 0.458 e. The van der Waals surface area contributed by atoms with Gasteiger partial charge in [0.05, 0.1) is 0 Å². The van der Waals surface area contributed by atoms with Crippen molar-refractivity contribution in [2.24, 2.45) is 0 Å². The van der Waals surface area contributed by atoms with Gasteiger partial charge in [-0.3, -0.25) is 14.3 Å². The Morgan fingerprint density at radius 1 is 0.600 bits per heavy atom. The zero-order chi connectivity index (χ0) is 25.0. The van der Waals surface area contributed by atoms with E-state index in [1.165, 1.54) is 0 Å². The van der Waals surface area contributed by atoms with Crippen molar-refractivity contribution in [3.63, 3.8) is 0 Å². The highest BCUT2D eigenvalue weighted by Gasteiger charge is 2.84. The molecule has 0 radical (unpaired) electrons. The van der Waals surface area contributed by atoms with E-state index in [0.29, 0.717) is 0 Å². The normalized spacial score (nSPS) is 20.9. The number of hydrogen-bond acceptors (Lipinski definition) is 3. The molecule has 3 unspecified atom stereocenters. The van der Waals surface area contributed by atoms with Crippen LogP contribution in [0, 0.1) is 0 Å². The van der Waals surface area contributed by atoms with Crippen LogP contribution in [-0.2, 0) is 14.3 Å². The first-order valence-electron chi connectivity index (χ1n) is 5.92. The van der Waals surface area contributed by atoms with E-state index in [4.69, 9.17) is 0 Å². The molecule has 180 valence electrons. The van der Waals surface area contributed by atoms with Crippen molar-refractivity contribution in [2.75, 3.05) is 0 Å². The van der Waals surface area contributed by atoms with Crippen LogP contribution >= 0.6 is 34.8 Å². The third kappa shape index (κ3) is 4.91. The van der Waals surface area contributed by atoms with Crippen molar-refractivity contribution in [1.82, 2.24) is 0 Å². The second-order valence-corrected chi connectivity index (χ2v) is 6.24. The van der Waals surface area contributed by atoms with Gasteiger partial charge in [-0.05, 0) is 23.2 Å². The first-order chi connectivity index (χ1) is 12.6. The fourth-order valence-corrected chi connectivity index (χ4v) is 1.40. The van der Waals surface area contributed by atoms with E-state index in [9.17, 15) is 70.7 Å². The van der Waals surface area contributed by atoms with Gasteiger partial charge in [0.25, 0.3) is 0 Å². The lowest BCUT2D eigenvalue weighted by Crippen LogP contribution is -2.67. The van der Waals surface area contributed by atoms with Crippen LogP contribution in [-0.4, -0.2) is 52.0 Å². The van der Waals surface area contributed by atoms with Crippen molar-refractivity contribution in [1.29, 1.82) is 0 Å². The van der Waals surface area contributed by atoms with Gasteiger partial charge in [-0.15, -0.1) is 0 Å². The maximum atomic E-state index is 13.8. The minimum absolute atomic E-state index is 1.62. The Hall–Kier alpha value is -0.590. The zero-order valence-corrected chi connectivity index (χ0v) is 14.8. The highest BCUT2D eigenvalue weighted by molar-refractivity contribution is 6.32. The lowest BCUT2D eigenvalue weighted by Gasteiger charge is -2.40. The van der Waals surface area contributed by atoms with Gasteiger partial charge in [0.15, 0.2) is 0 Å². The summed E-state index contributed by atoms with van der Waals surface area (Å²) >= 11 is 11.1. The first kappa shape index (κ1) is 29.4. The number of halogens is 18. The highest BCUT2D eigenvalue weighted by Crippen LogP contribution is 2.57. The Morgan fingerprint density at radius 2 is 0.967 bits per heavy atom. The molecule has 0 aromatic rings. The summed E-state index contributed by atoms with van der Waals surface area (Å²) in [5.74, 6) is -14.5. The van der Waals surface area contributed by atoms with E-state index in [-0.39, 0.29) is 0 Å². The third-order valence-electron chi connectivity index (χ3n) is 2.62. The SMILES string of the molecule is O=C(F)C(F)(OC(F)(F)C(F)(OC(F)(F)C(F)(Cl)C(F)(F)Cl)C(F)(F)F)C(F)(F)Cl. The van der Waals surface area contributed by atoms with E-state index in [1.807, 2.05) is 0 Å². The molecule has 0 amide bonds. The van der Waals surface area contributed by atoms with Crippen LogP contribution in [0.15, 0.2) is 0 Å². The molecule has 0 saturated carbocycles. The van der Waals surface area contributed by atoms with Gasteiger partial charge in [-0.2, -0.15) is 61.5 Å². The molecule has 0 N–H and O–H groups in total. The monoisotopic (exact) mass is 546 g/mol. The van der Waals surface area contributed by atoms with Gasteiger partial charge in [-0.25, -0.2) is 4.39 Å². The average molecular weight is 547 g/mol. The summed E-state index contributed by atoms with van der Waals surface area (Å²) in [4.78, 5) is 10.1. The summed E-state index contributed by atoms with van der Waals surface area (Å²) in [6.45, 7) is 0. The second-order valence-electron chi connectivity index (χ2n) is 4.77. The van der Waals surface area contributed by atoms with Crippen LogP contribution in [0.1, 0.15) is 0 Å². The van der Waals surface area contributed by atoms with Crippen LogP contribution in [0.5, 0.6) is 0 Å². The van der Waals surface area contributed by atoms with E-state index in [2.05, 4.69) is 34.8 Å². The molecule has 30 heavy (non-hydrogen) atoms. The molecule has 0 heterocycles. The van der Waals surface area contributed by atoms with Crippen LogP contribution in [0.4, 0.5) is 65.9 Å². The molecule has 0 aliphatic heterocycles. The molecule has 0 fully saturated rings. The number of hydrogen-bond donors (Lipinski definition) is 0. The van der Waals surface area contributed by atoms with Gasteiger partial charge in [0.1, 0.15) is 0 Å². The molecule has 3 atom stereocenters. The molecule has 0 aromatic heterocycles. The maximum absolute atomic E-state index is 13.8. The lowest BCUT2D eigenvalue weighted by atomic mass is 10.2. The molecule has 0 saturated heterocycles. The molecule has 0 rings (SSSR count). The molecule has 3 nitrogen and oxygen atoms in total. The first-order valence-corrected chi connectivity index (χ1v) is 7.06. The topological polar surface area (TPSA) is 35.5 Å². The number of alkyl halides is 17. The van der Waals surface area contributed by atoms with Crippen LogP contribution in [0.2, 0.25) is 0 Å². The van der Waals surface area contributed by atoms with Crippen molar-refractivity contribution < 1.29 is 80.1 Å². The molecular weight excluding hydrogens is 547 g/mol. The fraction of sp³-hybridized carbons (Fsp3) is 0.889. The van der Waals surface area contributed by atoms with E-state index in [1.54, 1.807) is 9.47 Å². The Kier molecular flexibility index (Phi) is 7.62. The summed E-state index contributed by atoms with van der Waals surface area (Å²) in [7, 11) is 0. The van der Waals surface area contributed by atoms with Crippen LogP contribution < -0.4 is 0 Å². The smallest absolute Gasteiger partial charge is 0.264 e. The zero-order valence-electron chi connectivity index (χ0n) is 12.5. The summed E-state index contributed by atoms with van der Waals surface area (Å²) in [5, 5.41) is -19.0. The summed E-state index contributed by atoms with van der Waals surface area (Å²) < 4.78 is 197. The molecule has 0 aliphatic rings.